The molecule has 0 spiro atoms. The van der Waals surface area contributed by atoms with Gasteiger partial charge in [-0.3, -0.25) is 9.59 Å². The van der Waals surface area contributed by atoms with Gasteiger partial charge in [0.15, 0.2) is 6.10 Å². The summed E-state index contributed by atoms with van der Waals surface area (Å²) in [6.45, 7) is 10.3. The molecule has 158 valence electrons. The fourth-order valence-electron chi connectivity index (χ4n) is 4.37. The van der Waals surface area contributed by atoms with Crippen molar-refractivity contribution in [3.63, 3.8) is 0 Å². The molecular formula is C24H34N2O3. The van der Waals surface area contributed by atoms with E-state index in [0.717, 1.165) is 37.2 Å². The number of carbonyl (C=O) groups is 2. The average molecular weight is 399 g/mol. The summed E-state index contributed by atoms with van der Waals surface area (Å²) < 4.78 is 5.74. The number of nitrogens with one attached hydrogen (secondary N) is 1. The lowest BCUT2D eigenvalue weighted by atomic mass is 9.79. The highest BCUT2D eigenvalue weighted by molar-refractivity contribution is 6.01. The smallest absolute Gasteiger partial charge is 0.268 e. The molecule has 1 N–H and O–H groups in total. The van der Waals surface area contributed by atoms with Gasteiger partial charge >= 0.3 is 0 Å². The van der Waals surface area contributed by atoms with Gasteiger partial charge in [-0.2, -0.15) is 0 Å². The molecule has 0 bridgehead atoms. The number of unbranched alkanes of at least 4 members (excludes halogenated alkanes) is 1. The molecule has 1 aliphatic carbocycles. The molecule has 1 saturated carbocycles. The number of carbonyl (C=O) groups excluding carboxylic acids is 2. The SMILES string of the molecule is C=C(C)CN1C(=O)C(C)Oc2ccc(NC(=O)C3CCC(CCCC)CC3)cc21. The van der Waals surface area contributed by atoms with Crippen molar-refractivity contribution in [2.75, 3.05) is 16.8 Å². The summed E-state index contributed by atoms with van der Waals surface area (Å²) in [6, 6.07) is 5.53. The number of rotatable bonds is 7. The van der Waals surface area contributed by atoms with Gasteiger partial charge in [0.05, 0.1) is 5.69 Å². The minimum absolute atomic E-state index is 0.0772. The zero-order valence-electron chi connectivity index (χ0n) is 18.0. The first kappa shape index (κ1) is 21.4. The van der Waals surface area contributed by atoms with E-state index in [1.54, 1.807) is 11.8 Å². The molecule has 0 radical (unpaired) electrons. The van der Waals surface area contributed by atoms with Crippen LogP contribution in [0.2, 0.25) is 0 Å². The predicted octanol–water partition coefficient (Wildman–Crippen LogP) is 5.31. The highest BCUT2D eigenvalue weighted by atomic mass is 16.5. The average Bonchev–Trinajstić information content (AvgIpc) is 2.70. The van der Waals surface area contributed by atoms with E-state index in [-0.39, 0.29) is 17.7 Å². The van der Waals surface area contributed by atoms with Crippen molar-refractivity contribution in [3.05, 3.63) is 30.4 Å². The third-order valence-corrected chi connectivity index (χ3v) is 6.05. The molecule has 1 aromatic rings. The first-order valence-electron chi connectivity index (χ1n) is 11.0. The Labute approximate surface area is 174 Å². The minimum atomic E-state index is -0.523. The zero-order chi connectivity index (χ0) is 21.0. The van der Waals surface area contributed by atoms with Gasteiger partial charge in [-0.05, 0) is 63.6 Å². The van der Waals surface area contributed by atoms with Gasteiger partial charge in [0, 0.05) is 18.2 Å². The summed E-state index contributed by atoms with van der Waals surface area (Å²) in [6.07, 6.45) is 7.52. The van der Waals surface area contributed by atoms with E-state index in [1.807, 2.05) is 25.1 Å². The Morgan fingerprint density at radius 2 is 2.00 bits per heavy atom. The Kier molecular flexibility index (Phi) is 6.99. The first-order valence-corrected chi connectivity index (χ1v) is 11.0. The van der Waals surface area contributed by atoms with Crippen LogP contribution in [-0.4, -0.2) is 24.5 Å². The number of amides is 2. The topological polar surface area (TPSA) is 58.6 Å². The Bertz CT molecular complexity index is 765. The summed E-state index contributed by atoms with van der Waals surface area (Å²) in [4.78, 5) is 27.1. The monoisotopic (exact) mass is 398 g/mol. The van der Waals surface area contributed by atoms with Gasteiger partial charge in [-0.25, -0.2) is 0 Å². The van der Waals surface area contributed by atoms with E-state index in [9.17, 15) is 9.59 Å². The van der Waals surface area contributed by atoms with Crippen molar-refractivity contribution in [1.82, 2.24) is 0 Å². The number of ether oxygens (including phenoxy) is 1. The fourth-order valence-corrected chi connectivity index (χ4v) is 4.37. The number of anilines is 2. The van der Waals surface area contributed by atoms with Crippen molar-refractivity contribution in [2.45, 2.75) is 71.8 Å². The van der Waals surface area contributed by atoms with E-state index in [0.29, 0.717) is 23.7 Å². The van der Waals surface area contributed by atoms with Gasteiger partial charge in [-0.1, -0.05) is 38.3 Å². The molecule has 1 atom stereocenters. The van der Waals surface area contributed by atoms with Crippen molar-refractivity contribution in [3.8, 4) is 5.75 Å². The molecule has 1 heterocycles. The van der Waals surface area contributed by atoms with Gasteiger partial charge in [-0.15, -0.1) is 0 Å². The number of nitrogens with zero attached hydrogens (tertiary/aromatic N) is 1. The van der Waals surface area contributed by atoms with Crippen LogP contribution in [0.3, 0.4) is 0 Å². The zero-order valence-corrected chi connectivity index (χ0v) is 18.0. The van der Waals surface area contributed by atoms with Gasteiger partial charge in [0.25, 0.3) is 5.91 Å². The molecule has 5 nitrogen and oxygen atoms in total. The molecule has 1 fully saturated rings. The van der Waals surface area contributed by atoms with E-state index < -0.39 is 6.10 Å². The normalized spacial score (nSPS) is 23.9. The molecule has 1 aromatic carbocycles. The minimum Gasteiger partial charge on any atom is -0.479 e. The first-order chi connectivity index (χ1) is 13.9. The van der Waals surface area contributed by atoms with E-state index in [1.165, 1.54) is 19.3 Å². The summed E-state index contributed by atoms with van der Waals surface area (Å²) >= 11 is 0. The molecule has 5 heteroatoms. The molecule has 0 saturated heterocycles. The fraction of sp³-hybridized carbons (Fsp3) is 0.583. The van der Waals surface area contributed by atoms with Crippen LogP contribution in [0.4, 0.5) is 11.4 Å². The van der Waals surface area contributed by atoms with Crippen LogP contribution in [0.1, 0.15) is 65.7 Å². The molecule has 1 unspecified atom stereocenters. The van der Waals surface area contributed by atoms with Gasteiger partial charge < -0.3 is 15.0 Å². The van der Waals surface area contributed by atoms with Crippen molar-refractivity contribution >= 4 is 23.2 Å². The molecule has 3 rings (SSSR count). The summed E-state index contributed by atoms with van der Waals surface area (Å²) in [7, 11) is 0. The second-order valence-electron chi connectivity index (χ2n) is 8.67. The predicted molar refractivity (Wildman–Crippen MR) is 117 cm³/mol. The largest absolute Gasteiger partial charge is 0.479 e. The Morgan fingerprint density at radius 1 is 1.28 bits per heavy atom. The van der Waals surface area contributed by atoms with E-state index >= 15 is 0 Å². The van der Waals surface area contributed by atoms with Gasteiger partial charge in [0.1, 0.15) is 5.75 Å². The van der Waals surface area contributed by atoms with Crippen molar-refractivity contribution in [1.29, 1.82) is 0 Å². The number of benzene rings is 1. The van der Waals surface area contributed by atoms with Crippen molar-refractivity contribution in [2.24, 2.45) is 11.8 Å². The van der Waals surface area contributed by atoms with Crippen LogP contribution in [0.5, 0.6) is 5.75 Å². The molecular weight excluding hydrogens is 364 g/mol. The number of hydrogen-bond donors (Lipinski definition) is 1. The van der Waals surface area contributed by atoms with E-state index in [2.05, 4.69) is 18.8 Å². The Morgan fingerprint density at radius 3 is 2.66 bits per heavy atom. The molecule has 2 amide bonds. The second-order valence-corrected chi connectivity index (χ2v) is 8.67. The van der Waals surface area contributed by atoms with Crippen LogP contribution in [-0.2, 0) is 9.59 Å². The highest BCUT2D eigenvalue weighted by Crippen LogP contribution is 2.37. The lowest BCUT2D eigenvalue weighted by molar-refractivity contribution is -0.125. The van der Waals surface area contributed by atoms with Crippen LogP contribution in [0.25, 0.3) is 0 Å². The molecule has 29 heavy (non-hydrogen) atoms. The third kappa shape index (κ3) is 5.20. The van der Waals surface area contributed by atoms with Crippen LogP contribution in [0, 0.1) is 11.8 Å². The quantitative estimate of drug-likeness (QED) is 0.633. The summed E-state index contributed by atoms with van der Waals surface area (Å²) in [5.74, 6) is 1.51. The molecule has 2 aliphatic rings. The standard InChI is InChI=1S/C24H34N2O3/c1-5-6-7-18-8-10-19(11-9-18)23(27)25-20-12-13-22-21(14-20)26(15-16(2)3)24(28)17(4)29-22/h12-14,17-19H,2,5-11,15H2,1,3-4H3,(H,25,27). The maximum Gasteiger partial charge on any atom is 0.268 e. The maximum absolute atomic E-state index is 12.8. The van der Waals surface area contributed by atoms with Crippen LogP contribution < -0.4 is 15.0 Å². The lowest BCUT2D eigenvalue weighted by Gasteiger charge is -2.33. The highest BCUT2D eigenvalue weighted by Gasteiger charge is 2.32. The van der Waals surface area contributed by atoms with Crippen LogP contribution >= 0.6 is 0 Å². The molecule has 0 aromatic heterocycles. The lowest BCUT2D eigenvalue weighted by Crippen LogP contribution is -2.45. The second kappa shape index (κ2) is 9.47. The summed E-state index contributed by atoms with van der Waals surface area (Å²) in [5, 5.41) is 3.06. The number of hydrogen-bond acceptors (Lipinski definition) is 3. The maximum atomic E-state index is 12.8. The summed E-state index contributed by atoms with van der Waals surface area (Å²) in [5.41, 5.74) is 2.30. The Balaban J connectivity index is 1.67. The molecule has 1 aliphatic heterocycles. The van der Waals surface area contributed by atoms with Gasteiger partial charge in [0.2, 0.25) is 5.91 Å². The van der Waals surface area contributed by atoms with E-state index in [4.69, 9.17) is 4.74 Å². The number of fused-ring (bicyclic) bond motifs is 1. The van der Waals surface area contributed by atoms with Crippen LogP contribution in [0.15, 0.2) is 30.4 Å². The van der Waals surface area contributed by atoms with Crippen molar-refractivity contribution < 1.29 is 14.3 Å². The Hall–Kier alpha value is -2.30. The third-order valence-electron chi connectivity index (χ3n) is 6.05.